The van der Waals surface area contributed by atoms with Crippen LogP contribution in [-0.2, 0) is 16.0 Å². The summed E-state index contributed by atoms with van der Waals surface area (Å²) in [4.78, 5) is 26.0. The van der Waals surface area contributed by atoms with E-state index in [9.17, 15) is 14.0 Å². The number of rotatable bonds is 4. The number of carbonyl (C=O) groups excluding carboxylic acids is 2. The minimum absolute atomic E-state index is 0.0138. The van der Waals surface area contributed by atoms with Crippen LogP contribution in [0.25, 0.3) is 0 Å². The maximum atomic E-state index is 13.1. The molecule has 2 heterocycles. The minimum Gasteiger partial charge on any atom is -0.353 e. The number of hydrogen-bond acceptors (Lipinski definition) is 5. The highest BCUT2D eigenvalue weighted by molar-refractivity contribution is 5.87. The first-order valence-corrected chi connectivity index (χ1v) is 7.59. The van der Waals surface area contributed by atoms with Gasteiger partial charge in [-0.15, -0.1) is 5.10 Å². The van der Waals surface area contributed by atoms with Gasteiger partial charge in [-0.3, -0.25) is 9.59 Å². The molecular formula is C15H17FN6O2. The molecule has 0 bridgehead atoms. The van der Waals surface area contributed by atoms with Crippen LogP contribution in [0.2, 0.25) is 0 Å². The van der Waals surface area contributed by atoms with Crippen LogP contribution in [0.3, 0.4) is 0 Å². The first-order valence-electron chi connectivity index (χ1n) is 7.59. The van der Waals surface area contributed by atoms with E-state index in [2.05, 4.69) is 20.8 Å². The normalized spacial score (nSPS) is 15.9. The average Bonchev–Trinajstić information content (AvgIpc) is 2.99. The highest BCUT2D eigenvalue weighted by Gasteiger charge is 2.31. The Kier molecular flexibility index (Phi) is 4.50. The molecule has 0 saturated carbocycles. The number of benzene rings is 1. The van der Waals surface area contributed by atoms with Gasteiger partial charge in [0.2, 0.25) is 11.8 Å². The van der Waals surface area contributed by atoms with E-state index >= 15 is 0 Å². The van der Waals surface area contributed by atoms with Crippen LogP contribution in [0.1, 0.15) is 17.4 Å². The van der Waals surface area contributed by atoms with Gasteiger partial charge in [0, 0.05) is 19.5 Å². The lowest BCUT2D eigenvalue weighted by atomic mass is 10.0. The Morgan fingerprint density at radius 2 is 2.12 bits per heavy atom. The number of nitrogens with zero attached hydrogens (tertiary/aromatic N) is 5. The van der Waals surface area contributed by atoms with Crippen molar-refractivity contribution in [1.29, 1.82) is 0 Å². The van der Waals surface area contributed by atoms with Crippen LogP contribution >= 0.6 is 0 Å². The van der Waals surface area contributed by atoms with E-state index in [4.69, 9.17) is 0 Å². The molecule has 1 aliphatic heterocycles. The van der Waals surface area contributed by atoms with Gasteiger partial charge >= 0.3 is 0 Å². The Labute approximate surface area is 137 Å². The second-order valence-electron chi connectivity index (χ2n) is 5.63. The number of carbonyl (C=O) groups is 2. The predicted molar refractivity (Wildman–Crippen MR) is 81.3 cm³/mol. The maximum Gasteiger partial charge on any atom is 0.248 e. The van der Waals surface area contributed by atoms with Gasteiger partial charge in [0.1, 0.15) is 17.7 Å². The van der Waals surface area contributed by atoms with Crippen LogP contribution in [0.4, 0.5) is 4.39 Å². The van der Waals surface area contributed by atoms with Gasteiger partial charge < -0.3 is 10.2 Å². The van der Waals surface area contributed by atoms with Crippen molar-refractivity contribution in [1.82, 2.24) is 30.4 Å². The third-order valence-electron chi connectivity index (χ3n) is 3.93. The Morgan fingerprint density at radius 1 is 1.38 bits per heavy atom. The fourth-order valence-corrected chi connectivity index (χ4v) is 2.69. The van der Waals surface area contributed by atoms with Gasteiger partial charge in [-0.25, -0.2) is 9.07 Å². The van der Waals surface area contributed by atoms with Gasteiger partial charge in [0.05, 0.1) is 6.54 Å². The molecule has 1 aromatic heterocycles. The van der Waals surface area contributed by atoms with Crippen molar-refractivity contribution in [3.63, 3.8) is 0 Å². The van der Waals surface area contributed by atoms with Crippen molar-refractivity contribution in [3.05, 3.63) is 41.5 Å². The van der Waals surface area contributed by atoms with Gasteiger partial charge in [0.15, 0.2) is 0 Å². The van der Waals surface area contributed by atoms with Crippen molar-refractivity contribution in [3.8, 4) is 0 Å². The maximum absolute atomic E-state index is 13.1. The first-order chi connectivity index (χ1) is 11.5. The van der Waals surface area contributed by atoms with Crippen molar-refractivity contribution in [2.45, 2.75) is 19.4 Å². The van der Waals surface area contributed by atoms with Crippen LogP contribution < -0.4 is 5.32 Å². The summed E-state index contributed by atoms with van der Waals surface area (Å²) in [7, 11) is 0. The summed E-state index contributed by atoms with van der Waals surface area (Å²) in [5.74, 6) is -0.266. The molecule has 2 aromatic rings. The van der Waals surface area contributed by atoms with E-state index < -0.39 is 6.04 Å². The van der Waals surface area contributed by atoms with E-state index in [1.54, 1.807) is 19.1 Å². The third kappa shape index (κ3) is 3.39. The molecule has 1 N–H and O–H groups in total. The zero-order valence-electron chi connectivity index (χ0n) is 13.1. The van der Waals surface area contributed by atoms with E-state index in [1.807, 2.05) is 0 Å². The number of aromatic nitrogens is 4. The lowest BCUT2D eigenvalue weighted by Gasteiger charge is -2.30. The summed E-state index contributed by atoms with van der Waals surface area (Å²) < 4.78 is 14.5. The third-order valence-corrected chi connectivity index (χ3v) is 3.93. The average molecular weight is 332 g/mol. The minimum atomic E-state index is -0.684. The summed E-state index contributed by atoms with van der Waals surface area (Å²) in [6, 6.07) is 5.25. The Balaban J connectivity index is 1.87. The second kappa shape index (κ2) is 6.73. The Morgan fingerprint density at radius 3 is 2.75 bits per heavy atom. The number of amides is 2. The van der Waals surface area contributed by atoms with Crippen molar-refractivity contribution < 1.29 is 14.0 Å². The number of halogens is 1. The molecule has 0 spiro atoms. The van der Waals surface area contributed by atoms with Gasteiger partial charge in [-0.1, -0.05) is 12.1 Å². The van der Waals surface area contributed by atoms with Gasteiger partial charge in [-0.05, 0) is 35.0 Å². The summed E-state index contributed by atoms with van der Waals surface area (Å²) in [6.07, 6.45) is 0.309. The molecule has 1 atom stereocenters. The smallest absolute Gasteiger partial charge is 0.248 e. The summed E-state index contributed by atoms with van der Waals surface area (Å²) >= 11 is 0. The molecule has 1 unspecified atom stereocenters. The van der Waals surface area contributed by atoms with Crippen molar-refractivity contribution >= 4 is 11.8 Å². The molecule has 24 heavy (non-hydrogen) atoms. The van der Waals surface area contributed by atoms with E-state index in [0.29, 0.717) is 25.3 Å². The molecule has 2 amide bonds. The van der Waals surface area contributed by atoms with Gasteiger partial charge in [0.25, 0.3) is 0 Å². The molecular weight excluding hydrogens is 315 g/mol. The number of hydrogen-bond donors (Lipinski definition) is 1. The van der Waals surface area contributed by atoms with Crippen molar-refractivity contribution in [2.75, 3.05) is 19.6 Å². The molecule has 1 fully saturated rings. The highest BCUT2D eigenvalue weighted by Crippen LogP contribution is 2.18. The summed E-state index contributed by atoms with van der Waals surface area (Å²) in [5.41, 5.74) is 0.783. The molecule has 0 radical (unpaired) electrons. The monoisotopic (exact) mass is 332 g/mol. The van der Waals surface area contributed by atoms with E-state index in [0.717, 1.165) is 5.56 Å². The predicted octanol–water partition coefficient (Wildman–Crippen LogP) is -0.137. The topological polar surface area (TPSA) is 93.0 Å². The van der Waals surface area contributed by atoms with Crippen molar-refractivity contribution in [2.24, 2.45) is 0 Å². The fraction of sp³-hybridized carbons (Fsp3) is 0.400. The zero-order valence-corrected chi connectivity index (χ0v) is 13.1. The van der Waals surface area contributed by atoms with Crippen LogP contribution in [0.15, 0.2) is 24.3 Å². The molecule has 1 aliphatic rings. The van der Waals surface area contributed by atoms with Crippen LogP contribution in [0, 0.1) is 12.7 Å². The molecule has 8 nitrogen and oxygen atoms in total. The molecule has 1 aromatic carbocycles. The van der Waals surface area contributed by atoms with Crippen LogP contribution in [0.5, 0.6) is 0 Å². The SMILES string of the molecule is Cc1nnnn1C(Cc1ccc(F)cc1)C(=O)N1CCNC(=O)C1. The fourth-order valence-electron chi connectivity index (χ4n) is 2.69. The van der Waals surface area contributed by atoms with E-state index in [-0.39, 0.29) is 24.2 Å². The molecule has 9 heteroatoms. The van der Waals surface area contributed by atoms with Crippen LogP contribution in [-0.4, -0.2) is 56.6 Å². The number of tetrazole rings is 1. The Bertz CT molecular complexity index is 745. The lowest BCUT2D eigenvalue weighted by Crippen LogP contribution is -2.52. The Hall–Kier alpha value is -2.84. The number of nitrogens with one attached hydrogen (secondary N) is 1. The highest BCUT2D eigenvalue weighted by atomic mass is 19.1. The first kappa shape index (κ1) is 16.0. The summed E-state index contributed by atoms with van der Waals surface area (Å²) in [5, 5.41) is 14.0. The summed E-state index contributed by atoms with van der Waals surface area (Å²) in [6.45, 7) is 2.57. The molecule has 1 saturated heterocycles. The largest absolute Gasteiger partial charge is 0.353 e. The standard InChI is InChI=1S/C15H17FN6O2/c1-10-18-19-20-22(10)13(8-11-2-4-12(16)5-3-11)15(24)21-7-6-17-14(23)9-21/h2-5,13H,6-9H2,1H3,(H,17,23). The lowest BCUT2D eigenvalue weighted by molar-refractivity contribution is -0.141. The number of aryl methyl sites for hydroxylation is 1. The molecule has 0 aliphatic carbocycles. The quantitative estimate of drug-likeness (QED) is 0.841. The molecule has 3 rings (SSSR count). The van der Waals surface area contributed by atoms with Gasteiger partial charge in [-0.2, -0.15) is 0 Å². The van der Waals surface area contributed by atoms with E-state index in [1.165, 1.54) is 21.7 Å². The number of piperazine rings is 1. The zero-order chi connectivity index (χ0) is 17.1. The second-order valence-corrected chi connectivity index (χ2v) is 5.63. The molecule has 126 valence electrons.